The fourth-order valence-electron chi connectivity index (χ4n) is 1.82. The van der Waals surface area contributed by atoms with Crippen LogP contribution < -0.4 is 11.1 Å². The van der Waals surface area contributed by atoms with E-state index in [0.717, 1.165) is 10.0 Å². The molecule has 6 heteroatoms. The standard InChI is InChI=1S/C15H14BrN3O2/c16-12-5-3-10(4-6-12)8-13(14(17)20)19-15(21)11-2-1-7-18-9-11/h1-7,9,13H,8H2,(H2,17,20)(H,19,21)/t13-/m0/s1. The number of carbonyl (C=O) groups is 2. The number of aromatic nitrogens is 1. The minimum atomic E-state index is -0.765. The van der Waals surface area contributed by atoms with E-state index >= 15 is 0 Å². The third-order valence-corrected chi connectivity index (χ3v) is 3.45. The second-order valence-electron chi connectivity index (χ2n) is 4.50. The maximum atomic E-state index is 12.0. The number of benzene rings is 1. The van der Waals surface area contributed by atoms with Gasteiger partial charge < -0.3 is 11.1 Å². The van der Waals surface area contributed by atoms with Crippen molar-refractivity contribution >= 4 is 27.7 Å². The predicted octanol–water partition coefficient (Wildman–Crippen LogP) is 1.67. The van der Waals surface area contributed by atoms with Crippen LogP contribution in [0.5, 0.6) is 0 Å². The summed E-state index contributed by atoms with van der Waals surface area (Å²) in [6.07, 6.45) is 3.35. The Morgan fingerprint density at radius 2 is 1.95 bits per heavy atom. The number of hydrogen-bond donors (Lipinski definition) is 2. The van der Waals surface area contributed by atoms with E-state index in [1.165, 1.54) is 6.20 Å². The summed E-state index contributed by atoms with van der Waals surface area (Å²) >= 11 is 3.34. The molecule has 1 heterocycles. The predicted molar refractivity (Wildman–Crippen MR) is 82.5 cm³/mol. The quantitative estimate of drug-likeness (QED) is 0.862. The average molecular weight is 348 g/mol. The van der Waals surface area contributed by atoms with Gasteiger partial charge in [-0.15, -0.1) is 0 Å². The van der Waals surface area contributed by atoms with Crippen LogP contribution in [0.25, 0.3) is 0 Å². The minimum Gasteiger partial charge on any atom is -0.368 e. The van der Waals surface area contributed by atoms with Gasteiger partial charge in [-0.2, -0.15) is 0 Å². The first-order valence-corrected chi connectivity index (χ1v) is 7.10. The lowest BCUT2D eigenvalue weighted by Crippen LogP contribution is -2.45. The van der Waals surface area contributed by atoms with Crippen molar-refractivity contribution in [1.29, 1.82) is 0 Å². The molecule has 3 N–H and O–H groups in total. The molecule has 0 radical (unpaired) electrons. The van der Waals surface area contributed by atoms with Crippen LogP contribution in [-0.4, -0.2) is 22.8 Å². The number of pyridine rings is 1. The van der Waals surface area contributed by atoms with Gasteiger partial charge >= 0.3 is 0 Å². The fourth-order valence-corrected chi connectivity index (χ4v) is 2.08. The van der Waals surface area contributed by atoms with Crippen molar-refractivity contribution < 1.29 is 9.59 Å². The summed E-state index contributed by atoms with van der Waals surface area (Å²) in [6.45, 7) is 0. The molecule has 1 atom stereocenters. The highest BCUT2D eigenvalue weighted by molar-refractivity contribution is 9.10. The van der Waals surface area contributed by atoms with Crippen molar-refractivity contribution in [2.45, 2.75) is 12.5 Å². The Kier molecular flexibility index (Phi) is 5.05. The van der Waals surface area contributed by atoms with Crippen molar-refractivity contribution in [2.24, 2.45) is 5.73 Å². The van der Waals surface area contributed by atoms with Crippen molar-refractivity contribution in [3.63, 3.8) is 0 Å². The number of rotatable bonds is 5. The minimum absolute atomic E-state index is 0.342. The zero-order valence-corrected chi connectivity index (χ0v) is 12.7. The molecule has 0 aliphatic heterocycles. The third-order valence-electron chi connectivity index (χ3n) is 2.93. The number of halogens is 1. The first kappa shape index (κ1) is 15.2. The van der Waals surface area contributed by atoms with Crippen molar-refractivity contribution in [1.82, 2.24) is 10.3 Å². The second-order valence-corrected chi connectivity index (χ2v) is 5.42. The number of nitrogens with zero attached hydrogens (tertiary/aromatic N) is 1. The Balaban J connectivity index is 2.07. The second kappa shape index (κ2) is 6.99. The van der Waals surface area contributed by atoms with E-state index in [-0.39, 0.29) is 5.91 Å². The van der Waals surface area contributed by atoms with Crippen LogP contribution in [0.1, 0.15) is 15.9 Å². The maximum absolute atomic E-state index is 12.0. The average Bonchev–Trinajstić information content (AvgIpc) is 2.49. The maximum Gasteiger partial charge on any atom is 0.253 e. The van der Waals surface area contributed by atoms with E-state index in [2.05, 4.69) is 26.2 Å². The molecule has 2 rings (SSSR count). The van der Waals surface area contributed by atoms with Gasteiger partial charge in [0.25, 0.3) is 5.91 Å². The molecule has 21 heavy (non-hydrogen) atoms. The lowest BCUT2D eigenvalue weighted by atomic mass is 10.1. The largest absolute Gasteiger partial charge is 0.368 e. The Morgan fingerprint density at radius 3 is 2.52 bits per heavy atom. The molecule has 0 unspecified atom stereocenters. The van der Waals surface area contributed by atoms with Gasteiger partial charge in [0.15, 0.2) is 0 Å². The van der Waals surface area contributed by atoms with Gasteiger partial charge in [0.1, 0.15) is 6.04 Å². The summed E-state index contributed by atoms with van der Waals surface area (Å²) in [5.41, 5.74) is 6.66. The van der Waals surface area contributed by atoms with E-state index in [4.69, 9.17) is 5.73 Å². The van der Waals surface area contributed by atoms with Crippen molar-refractivity contribution in [3.8, 4) is 0 Å². The lowest BCUT2D eigenvalue weighted by molar-refractivity contribution is -0.119. The third kappa shape index (κ3) is 4.39. The molecular formula is C15H14BrN3O2. The number of amides is 2. The molecule has 0 spiro atoms. The SMILES string of the molecule is NC(=O)[C@H](Cc1ccc(Br)cc1)NC(=O)c1cccnc1. The number of carbonyl (C=O) groups excluding carboxylic acids is 2. The van der Waals surface area contributed by atoms with Crippen molar-refractivity contribution in [2.75, 3.05) is 0 Å². The smallest absolute Gasteiger partial charge is 0.253 e. The van der Waals surface area contributed by atoms with Crippen molar-refractivity contribution in [3.05, 3.63) is 64.4 Å². The van der Waals surface area contributed by atoms with Crippen LogP contribution in [0.3, 0.4) is 0 Å². The number of nitrogens with two attached hydrogens (primary N) is 1. The van der Waals surface area contributed by atoms with Crippen LogP contribution in [0.2, 0.25) is 0 Å². The van der Waals surface area contributed by atoms with Gasteiger partial charge in [-0.1, -0.05) is 28.1 Å². The van der Waals surface area contributed by atoms with E-state index in [1.54, 1.807) is 18.3 Å². The summed E-state index contributed by atoms with van der Waals surface area (Å²) < 4.78 is 0.946. The summed E-state index contributed by atoms with van der Waals surface area (Å²) in [5, 5.41) is 2.63. The summed E-state index contributed by atoms with van der Waals surface area (Å²) in [6, 6.07) is 10.0. The van der Waals surface area contributed by atoms with E-state index < -0.39 is 11.9 Å². The molecule has 5 nitrogen and oxygen atoms in total. The Hall–Kier alpha value is -2.21. The topological polar surface area (TPSA) is 85.1 Å². The highest BCUT2D eigenvalue weighted by Gasteiger charge is 2.19. The van der Waals surface area contributed by atoms with E-state index in [1.807, 2.05) is 24.3 Å². The van der Waals surface area contributed by atoms with E-state index in [0.29, 0.717) is 12.0 Å². The molecule has 0 aliphatic carbocycles. The molecule has 1 aromatic carbocycles. The molecule has 0 aliphatic rings. The highest BCUT2D eigenvalue weighted by Crippen LogP contribution is 2.12. The normalized spacial score (nSPS) is 11.7. The first-order valence-electron chi connectivity index (χ1n) is 6.31. The van der Waals surface area contributed by atoms with Gasteiger partial charge in [-0.25, -0.2) is 0 Å². The Bertz CT molecular complexity index is 629. The lowest BCUT2D eigenvalue weighted by Gasteiger charge is -2.15. The van der Waals surface area contributed by atoms with Crippen LogP contribution in [0, 0.1) is 0 Å². The number of primary amides is 1. The van der Waals surface area contributed by atoms with Crippen LogP contribution in [0.15, 0.2) is 53.3 Å². The molecule has 0 saturated heterocycles. The van der Waals surface area contributed by atoms with Gasteiger partial charge in [-0.05, 0) is 29.8 Å². The van der Waals surface area contributed by atoms with Crippen LogP contribution >= 0.6 is 15.9 Å². The molecule has 2 aromatic rings. The molecule has 0 saturated carbocycles. The Morgan fingerprint density at radius 1 is 1.24 bits per heavy atom. The first-order chi connectivity index (χ1) is 10.1. The van der Waals surface area contributed by atoms with Gasteiger partial charge in [0, 0.05) is 23.3 Å². The monoisotopic (exact) mass is 347 g/mol. The van der Waals surface area contributed by atoms with Gasteiger partial charge in [-0.3, -0.25) is 14.6 Å². The molecule has 1 aromatic heterocycles. The molecule has 2 amide bonds. The molecular weight excluding hydrogens is 334 g/mol. The summed E-state index contributed by atoms with van der Waals surface area (Å²) in [7, 11) is 0. The molecule has 0 bridgehead atoms. The van der Waals surface area contributed by atoms with Gasteiger partial charge in [0.2, 0.25) is 5.91 Å². The summed E-state index contributed by atoms with van der Waals surface area (Å²) in [4.78, 5) is 27.4. The zero-order valence-electron chi connectivity index (χ0n) is 11.1. The van der Waals surface area contributed by atoms with Gasteiger partial charge in [0.05, 0.1) is 5.56 Å². The zero-order chi connectivity index (χ0) is 15.2. The van der Waals surface area contributed by atoms with E-state index in [9.17, 15) is 9.59 Å². The summed E-state index contributed by atoms with van der Waals surface area (Å²) in [5.74, 6) is -0.945. The molecule has 108 valence electrons. The van der Waals surface area contributed by atoms with Crippen LogP contribution in [0.4, 0.5) is 0 Å². The fraction of sp³-hybridized carbons (Fsp3) is 0.133. The van der Waals surface area contributed by atoms with Crippen LogP contribution in [-0.2, 0) is 11.2 Å². The number of hydrogen-bond acceptors (Lipinski definition) is 3. The molecule has 0 fully saturated rings. The Labute approximate surface area is 130 Å². The highest BCUT2D eigenvalue weighted by atomic mass is 79.9. The number of nitrogens with one attached hydrogen (secondary N) is 1.